The van der Waals surface area contributed by atoms with Gasteiger partial charge in [0.1, 0.15) is 11.9 Å². The first-order valence-corrected chi connectivity index (χ1v) is 12.8. The number of halogens is 2. The van der Waals surface area contributed by atoms with Crippen LogP contribution in [0.1, 0.15) is 20.7 Å². The molecular formula is C30H20BrFN2O4. The van der Waals surface area contributed by atoms with Crippen molar-refractivity contribution in [2.45, 2.75) is 12.1 Å². The van der Waals surface area contributed by atoms with Gasteiger partial charge in [-0.25, -0.2) is 9.29 Å². The fraction of sp³-hybridized carbons (Fsp3) is 0.133. The zero-order chi connectivity index (χ0) is 26.6. The number of amides is 2. The van der Waals surface area contributed by atoms with E-state index in [0.29, 0.717) is 16.7 Å². The van der Waals surface area contributed by atoms with Gasteiger partial charge in [-0.15, -0.1) is 0 Å². The number of ketones is 2. The quantitative estimate of drug-likeness (QED) is 0.320. The number of carbonyl (C=O) groups excluding carboxylic acids is 4. The zero-order valence-electron chi connectivity index (χ0n) is 19.8. The van der Waals surface area contributed by atoms with Crippen LogP contribution >= 0.6 is 15.9 Å². The summed E-state index contributed by atoms with van der Waals surface area (Å²) in [5.41, 5.74) is 1.53. The number of nitrogens with zero attached hydrogens (tertiary/aromatic N) is 2. The van der Waals surface area contributed by atoms with Gasteiger partial charge in [-0.3, -0.25) is 19.2 Å². The Balaban J connectivity index is 1.43. The molecule has 6 nitrogen and oxygen atoms in total. The summed E-state index contributed by atoms with van der Waals surface area (Å²) in [6.45, 7) is 0. The predicted molar refractivity (Wildman–Crippen MR) is 142 cm³/mol. The van der Waals surface area contributed by atoms with E-state index in [1.807, 2.05) is 6.07 Å². The Morgan fingerprint density at radius 1 is 0.789 bits per heavy atom. The van der Waals surface area contributed by atoms with Crippen molar-refractivity contribution in [3.63, 3.8) is 0 Å². The second kappa shape index (κ2) is 9.29. The summed E-state index contributed by atoms with van der Waals surface area (Å²) in [4.78, 5) is 57.3. The molecule has 3 aliphatic heterocycles. The molecule has 3 aromatic carbocycles. The molecule has 3 aliphatic rings. The summed E-state index contributed by atoms with van der Waals surface area (Å²) in [6, 6.07) is 19.1. The minimum atomic E-state index is -0.972. The summed E-state index contributed by atoms with van der Waals surface area (Å²) in [5.74, 6) is -3.87. The standard InChI is InChI=1S/C30H20BrFN2O4/c31-20-8-6-18(7-9-20)28(36)26-25-24(29(37)34(30(25)38)22-12-10-21(32)11-13-22)23-16-19(14-15-33(23)26)27(35)17-4-2-1-3-5-17/h1-16,23-26H/t23-,24-,25-,26+/m0/s1. The van der Waals surface area contributed by atoms with Crippen LogP contribution in [0.15, 0.2) is 107 Å². The maximum atomic E-state index is 13.8. The molecule has 6 rings (SSSR count). The number of allylic oxidation sites excluding steroid dienone is 2. The lowest BCUT2D eigenvalue weighted by Gasteiger charge is -2.32. The number of benzene rings is 3. The number of fused-ring (bicyclic) bond motifs is 3. The third kappa shape index (κ3) is 3.83. The summed E-state index contributed by atoms with van der Waals surface area (Å²) in [7, 11) is 0. The third-order valence-corrected chi connectivity index (χ3v) is 7.86. The molecule has 3 heterocycles. The average molecular weight is 571 g/mol. The second-order valence-corrected chi connectivity index (χ2v) is 10.3. The molecule has 0 aliphatic carbocycles. The van der Waals surface area contributed by atoms with Gasteiger partial charge in [0.05, 0.1) is 23.6 Å². The lowest BCUT2D eigenvalue weighted by atomic mass is 9.85. The fourth-order valence-corrected chi connectivity index (χ4v) is 5.85. The Kier molecular flexibility index (Phi) is 5.91. The molecule has 0 bridgehead atoms. The van der Waals surface area contributed by atoms with Crippen LogP contribution in [0.4, 0.5) is 10.1 Å². The molecule has 0 unspecified atom stereocenters. The second-order valence-electron chi connectivity index (χ2n) is 9.43. The van der Waals surface area contributed by atoms with Crippen LogP contribution in [0.25, 0.3) is 0 Å². The van der Waals surface area contributed by atoms with E-state index >= 15 is 0 Å². The molecule has 0 spiro atoms. The summed E-state index contributed by atoms with van der Waals surface area (Å²) < 4.78 is 14.4. The maximum Gasteiger partial charge on any atom is 0.240 e. The van der Waals surface area contributed by atoms with Crippen molar-refractivity contribution in [3.8, 4) is 0 Å². The predicted octanol–water partition coefficient (Wildman–Crippen LogP) is 4.97. The number of hydrogen-bond donors (Lipinski definition) is 0. The topological polar surface area (TPSA) is 74.8 Å². The van der Waals surface area contributed by atoms with Crippen LogP contribution < -0.4 is 4.90 Å². The Morgan fingerprint density at radius 2 is 1.45 bits per heavy atom. The monoisotopic (exact) mass is 570 g/mol. The lowest BCUT2D eigenvalue weighted by Crippen LogP contribution is -2.46. The molecule has 0 N–H and O–H groups in total. The van der Waals surface area contributed by atoms with Crippen LogP contribution in [0, 0.1) is 17.7 Å². The van der Waals surface area contributed by atoms with Crippen LogP contribution in [0.5, 0.6) is 0 Å². The summed E-state index contributed by atoms with van der Waals surface area (Å²) in [6.07, 6.45) is 4.95. The first kappa shape index (κ1) is 24.2. The van der Waals surface area contributed by atoms with E-state index in [9.17, 15) is 23.6 Å². The fourth-order valence-electron chi connectivity index (χ4n) is 5.58. The van der Waals surface area contributed by atoms with Crippen molar-refractivity contribution in [2.24, 2.45) is 11.8 Å². The molecular weight excluding hydrogens is 551 g/mol. The minimum absolute atomic E-state index is 0.215. The Morgan fingerprint density at radius 3 is 2.13 bits per heavy atom. The van der Waals surface area contributed by atoms with Gasteiger partial charge in [-0.05, 0) is 42.5 Å². The van der Waals surface area contributed by atoms with E-state index in [1.165, 1.54) is 24.3 Å². The van der Waals surface area contributed by atoms with Crippen molar-refractivity contribution in [1.82, 2.24) is 4.90 Å². The Labute approximate surface area is 226 Å². The summed E-state index contributed by atoms with van der Waals surface area (Å²) in [5, 5.41) is 0. The molecule has 2 saturated heterocycles. The average Bonchev–Trinajstić information content (AvgIpc) is 3.41. The highest BCUT2D eigenvalue weighted by molar-refractivity contribution is 9.10. The minimum Gasteiger partial charge on any atom is -0.359 e. The highest BCUT2D eigenvalue weighted by Crippen LogP contribution is 2.47. The van der Waals surface area contributed by atoms with Crippen LogP contribution in [-0.2, 0) is 9.59 Å². The molecule has 0 radical (unpaired) electrons. The smallest absolute Gasteiger partial charge is 0.240 e. The number of Topliss-reactive ketones (excluding diaryl/α,β-unsaturated/α-hetero) is 2. The van der Waals surface area contributed by atoms with Crippen molar-refractivity contribution in [2.75, 3.05) is 4.90 Å². The molecule has 188 valence electrons. The van der Waals surface area contributed by atoms with Gasteiger partial charge in [-0.2, -0.15) is 0 Å². The van der Waals surface area contributed by atoms with E-state index in [-0.39, 0.29) is 17.3 Å². The summed E-state index contributed by atoms with van der Waals surface area (Å²) >= 11 is 3.37. The van der Waals surface area contributed by atoms with Crippen molar-refractivity contribution in [3.05, 3.63) is 124 Å². The van der Waals surface area contributed by atoms with E-state index in [1.54, 1.807) is 71.8 Å². The van der Waals surface area contributed by atoms with E-state index in [0.717, 1.165) is 9.37 Å². The van der Waals surface area contributed by atoms with Gasteiger partial charge < -0.3 is 4.90 Å². The number of carbonyl (C=O) groups is 4. The molecule has 8 heteroatoms. The number of anilines is 1. The SMILES string of the molecule is O=C(C1=C[C@H]2[C@@H]3C(=O)N(c4ccc(F)cc4)C(=O)[C@@H]3[C@H](C(=O)c3ccc(Br)cc3)N2C=C1)c1ccccc1. The van der Waals surface area contributed by atoms with Gasteiger partial charge in [-0.1, -0.05) is 64.5 Å². The van der Waals surface area contributed by atoms with Crippen LogP contribution in [-0.4, -0.2) is 40.4 Å². The molecule has 4 atom stereocenters. The third-order valence-electron chi connectivity index (χ3n) is 7.33. The number of hydrogen-bond acceptors (Lipinski definition) is 5. The largest absolute Gasteiger partial charge is 0.359 e. The van der Waals surface area contributed by atoms with Crippen LogP contribution in [0.3, 0.4) is 0 Å². The molecule has 0 aromatic heterocycles. The van der Waals surface area contributed by atoms with Gasteiger partial charge in [0.15, 0.2) is 11.6 Å². The lowest BCUT2D eigenvalue weighted by molar-refractivity contribution is -0.123. The number of rotatable bonds is 5. The first-order chi connectivity index (χ1) is 18.3. The highest BCUT2D eigenvalue weighted by atomic mass is 79.9. The zero-order valence-corrected chi connectivity index (χ0v) is 21.4. The van der Waals surface area contributed by atoms with Crippen molar-refractivity contribution >= 4 is 45.0 Å². The molecule has 0 saturated carbocycles. The molecule has 3 aromatic rings. The maximum absolute atomic E-state index is 13.8. The highest BCUT2D eigenvalue weighted by Gasteiger charge is 2.63. The van der Waals surface area contributed by atoms with Gasteiger partial charge in [0, 0.05) is 27.4 Å². The van der Waals surface area contributed by atoms with E-state index in [2.05, 4.69) is 15.9 Å². The van der Waals surface area contributed by atoms with E-state index in [4.69, 9.17) is 0 Å². The molecule has 2 amide bonds. The van der Waals surface area contributed by atoms with E-state index < -0.39 is 41.6 Å². The van der Waals surface area contributed by atoms with Crippen LogP contribution in [0.2, 0.25) is 0 Å². The van der Waals surface area contributed by atoms with Gasteiger partial charge in [0.2, 0.25) is 11.8 Å². The first-order valence-electron chi connectivity index (χ1n) is 12.1. The normalized spacial score (nSPS) is 23.8. The van der Waals surface area contributed by atoms with Crippen molar-refractivity contribution in [1.29, 1.82) is 0 Å². The van der Waals surface area contributed by atoms with Crippen molar-refractivity contribution < 1.29 is 23.6 Å². The molecule has 2 fully saturated rings. The Bertz CT molecular complexity index is 1530. The molecule has 38 heavy (non-hydrogen) atoms. The Hall–Kier alpha value is -4.17. The van der Waals surface area contributed by atoms with Gasteiger partial charge >= 0.3 is 0 Å². The van der Waals surface area contributed by atoms with Gasteiger partial charge in [0.25, 0.3) is 0 Å². The number of imide groups is 1.